The maximum atomic E-state index is 12.0. The van der Waals surface area contributed by atoms with Crippen LogP contribution >= 0.6 is 38.5 Å². The van der Waals surface area contributed by atoms with E-state index < -0.39 is 0 Å². The number of furan rings is 1. The summed E-state index contributed by atoms with van der Waals surface area (Å²) in [6, 6.07) is 13.1. The number of halogens is 2. The van der Waals surface area contributed by atoms with Crippen molar-refractivity contribution < 1.29 is 13.9 Å². The first-order chi connectivity index (χ1) is 10.1. The Morgan fingerprint density at radius 3 is 2.71 bits per heavy atom. The van der Waals surface area contributed by atoms with E-state index in [4.69, 9.17) is 9.15 Å². The Kier molecular flexibility index (Phi) is 4.30. The van der Waals surface area contributed by atoms with Crippen LogP contribution in [-0.2, 0) is 11.2 Å². The van der Waals surface area contributed by atoms with Crippen molar-refractivity contribution in [3.63, 3.8) is 0 Å². The summed E-state index contributed by atoms with van der Waals surface area (Å²) in [5, 5.41) is 0.920. The van der Waals surface area contributed by atoms with E-state index in [9.17, 15) is 4.79 Å². The fraction of sp³-hybridized carbons (Fsp3) is 0.0625. The molecule has 3 nitrogen and oxygen atoms in total. The van der Waals surface area contributed by atoms with E-state index in [0.717, 1.165) is 24.6 Å². The van der Waals surface area contributed by atoms with Gasteiger partial charge in [-0.25, -0.2) is 0 Å². The zero-order valence-corrected chi connectivity index (χ0v) is 14.6. The maximum absolute atomic E-state index is 12.0. The highest BCUT2D eigenvalue weighted by Gasteiger charge is 2.12. The van der Waals surface area contributed by atoms with Gasteiger partial charge in [0.1, 0.15) is 11.3 Å². The van der Waals surface area contributed by atoms with Crippen molar-refractivity contribution in [1.82, 2.24) is 0 Å². The minimum absolute atomic E-state index is 0.176. The van der Waals surface area contributed by atoms with Crippen LogP contribution in [-0.4, -0.2) is 5.97 Å². The van der Waals surface area contributed by atoms with Gasteiger partial charge in [-0.3, -0.25) is 4.79 Å². The average Bonchev–Trinajstić information content (AvgIpc) is 2.84. The second-order valence-electron chi connectivity index (χ2n) is 4.51. The van der Waals surface area contributed by atoms with Crippen LogP contribution < -0.4 is 4.74 Å². The molecular formula is C16H10BrIO3. The monoisotopic (exact) mass is 456 g/mol. The van der Waals surface area contributed by atoms with Gasteiger partial charge < -0.3 is 9.15 Å². The van der Waals surface area contributed by atoms with Crippen molar-refractivity contribution in [2.75, 3.05) is 0 Å². The van der Waals surface area contributed by atoms with Gasteiger partial charge in [0.25, 0.3) is 0 Å². The van der Waals surface area contributed by atoms with E-state index in [-0.39, 0.29) is 12.4 Å². The molecule has 3 aromatic rings. The SMILES string of the molecule is O=C(Cc1coc2ccc(Br)cc12)Oc1ccc(I)cc1. The molecule has 0 aliphatic heterocycles. The first-order valence-electron chi connectivity index (χ1n) is 6.24. The first kappa shape index (κ1) is 14.6. The molecule has 3 rings (SSSR count). The van der Waals surface area contributed by atoms with E-state index in [1.165, 1.54) is 0 Å². The summed E-state index contributed by atoms with van der Waals surface area (Å²) in [7, 11) is 0. The largest absolute Gasteiger partial charge is 0.464 e. The molecule has 0 saturated carbocycles. The molecule has 21 heavy (non-hydrogen) atoms. The molecule has 5 heteroatoms. The molecule has 0 saturated heterocycles. The Morgan fingerprint density at radius 2 is 1.95 bits per heavy atom. The van der Waals surface area contributed by atoms with Crippen LogP contribution in [0.5, 0.6) is 5.75 Å². The zero-order chi connectivity index (χ0) is 14.8. The smallest absolute Gasteiger partial charge is 0.315 e. The van der Waals surface area contributed by atoms with E-state index in [1.807, 2.05) is 30.3 Å². The molecule has 0 spiro atoms. The van der Waals surface area contributed by atoms with Crippen molar-refractivity contribution >= 4 is 55.5 Å². The van der Waals surface area contributed by atoms with Gasteiger partial charge in [-0.05, 0) is 65.1 Å². The summed E-state index contributed by atoms with van der Waals surface area (Å²) in [6.45, 7) is 0. The van der Waals surface area contributed by atoms with Gasteiger partial charge >= 0.3 is 5.97 Å². The van der Waals surface area contributed by atoms with Crippen LogP contribution in [0.1, 0.15) is 5.56 Å². The molecule has 0 bridgehead atoms. The molecule has 0 atom stereocenters. The minimum atomic E-state index is -0.307. The second kappa shape index (κ2) is 6.19. The molecule has 0 aliphatic carbocycles. The Labute approximate surface area is 143 Å². The van der Waals surface area contributed by atoms with E-state index >= 15 is 0 Å². The zero-order valence-electron chi connectivity index (χ0n) is 10.8. The molecule has 0 amide bonds. The van der Waals surface area contributed by atoms with Crippen LogP contribution in [0.3, 0.4) is 0 Å². The van der Waals surface area contributed by atoms with Crippen LogP contribution in [0, 0.1) is 3.57 Å². The molecule has 106 valence electrons. The Balaban J connectivity index is 1.77. The summed E-state index contributed by atoms with van der Waals surface area (Å²) in [5.74, 6) is 0.244. The lowest BCUT2D eigenvalue weighted by Gasteiger charge is -2.03. The summed E-state index contributed by atoms with van der Waals surface area (Å²) in [5.41, 5.74) is 1.58. The van der Waals surface area contributed by atoms with Gasteiger partial charge in [-0.1, -0.05) is 15.9 Å². The lowest BCUT2D eigenvalue weighted by atomic mass is 10.1. The van der Waals surface area contributed by atoms with Crippen molar-refractivity contribution in [3.05, 3.63) is 62.3 Å². The number of carbonyl (C=O) groups is 1. The van der Waals surface area contributed by atoms with Crippen molar-refractivity contribution in [1.29, 1.82) is 0 Å². The van der Waals surface area contributed by atoms with Crippen LogP contribution in [0.15, 0.2) is 57.6 Å². The van der Waals surface area contributed by atoms with E-state index in [0.29, 0.717) is 5.75 Å². The van der Waals surface area contributed by atoms with E-state index in [1.54, 1.807) is 18.4 Å². The normalized spacial score (nSPS) is 10.8. The Hall–Kier alpha value is -1.34. The highest BCUT2D eigenvalue weighted by atomic mass is 127. The second-order valence-corrected chi connectivity index (χ2v) is 6.67. The Morgan fingerprint density at radius 1 is 1.19 bits per heavy atom. The van der Waals surface area contributed by atoms with Gasteiger partial charge in [0.05, 0.1) is 12.7 Å². The number of rotatable bonds is 3. The average molecular weight is 457 g/mol. The van der Waals surface area contributed by atoms with Crippen LogP contribution in [0.25, 0.3) is 11.0 Å². The van der Waals surface area contributed by atoms with Crippen LogP contribution in [0.2, 0.25) is 0 Å². The van der Waals surface area contributed by atoms with Gasteiger partial charge in [-0.15, -0.1) is 0 Å². The van der Waals surface area contributed by atoms with Crippen molar-refractivity contribution in [2.24, 2.45) is 0 Å². The van der Waals surface area contributed by atoms with Gasteiger partial charge in [0.2, 0.25) is 0 Å². The predicted molar refractivity (Wildman–Crippen MR) is 92.4 cm³/mol. The number of hydrogen-bond donors (Lipinski definition) is 0. The van der Waals surface area contributed by atoms with E-state index in [2.05, 4.69) is 38.5 Å². The highest BCUT2D eigenvalue weighted by molar-refractivity contribution is 14.1. The Bertz CT molecular complexity index is 793. The lowest BCUT2D eigenvalue weighted by Crippen LogP contribution is -2.10. The first-order valence-corrected chi connectivity index (χ1v) is 8.11. The summed E-state index contributed by atoms with van der Waals surface area (Å²) in [6.07, 6.45) is 1.78. The molecule has 1 aromatic heterocycles. The number of carbonyl (C=O) groups excluding carboxylic acids is 1. The summed E-state index contributed by atoms with van der Waals surface area (Å²) >= 11 is 5.62. The fourth-order valence-electron chi connectivity index (χ4n) is 2.02. The highest BCUT2D eigenvalue weighted by Crippen LogP contribution is 2.25. The van der Waals surface area contributed by atoms with Crippen molar-refractivity contribution in [3.8, 4) is 5.75 Å². The van der Waals surface area contributed by atoms with Gasteiger partial charge in [0.15, 0.2) is 0 Å². The van der Waals surface area contributed by atoms with Gasteiger partial charge in [0, 0.05) is 19.0 Å². The molecule has 0 unspecified atom stereocenters. The molecule has 0 radical (unpaired) electrons. The molecule has 0 aliphatic rings. The fourth-order valence-corrected chi connectivity index (χ4v) is 2.74. The minimum Gasteiger partial charge on any atom is -0.464 e. The molecule has 1 heterocycles. The molecule has 0 fully saturated rings. The number of fused-ring (bicyclic) bond motifs is 1. The molecule has 0 N–H and O–H groups in total. The summed E-state index contributed by atoms with van der Waals surface area (Å²) < 4.78 is 12.8. The third-order valence-electron chi connectivity index (χ3n) is 3.00. The quantitative estimate of drug-likeness (QED) is 0.318. The predicted octanol–water partition coefficient (Wildman–Crippen LogP) is 4.95. The topological polar surface area (TPSA) is 39.4 Å². The van der Waals surface area contributed by atoms with Crippen LogP contribution in [0.4, 0.5) is 0 Å². The van der Waals surface area contributed by atoms with Gasteiger partial charge in [-0.2, -0.15) is 0 Å². The third kappa shape index (κ3) is 3.47. The summed E-state index contributed by atoms with van der Waals surface area (Å²) in [4.78, 5) is 12.0. The number of esters is 1. The third-order valence-corrected chi connectivity index (χ3v) is 4.21. The maximum Gasteiger partial charge on any atom is 0.315 e. The standard InChI is InChI=1S/C16H10BrIO3/c17-11-1-6-15-14(8-11)10(9-20-15)7-16(19)21-13-4-2-12(18)3-5-13/h1-6,8-9H,7H2. The number of ether oxygens (including phenoxy) is 1. The lowest BCUT2D eigenvalue weighted by molar-refractivity contribution is -0.133. The number of hydrogen-bond acceptors (Lipinski definition) is 3. The molecular weight excluding hydrogens is 447 g/mol. The number of benzene rings is 2. The van der Waals surface area contributed by atoms with Crippen molar-refractivity contribution in [2.45, 2.75) is 6.42 Å². The molecule has 2 aromatic carbocycles.